The third kappa shape index (κ3) is 2.26. The summed E-state index contributed by atoms with van der Waals surface area (Å²) in [6.45, 7) is 0.805. The lowest BCUT2D eigenvalue weighted by molar-refractivity contribution is 1.20. The Bertz CT molecular complexity index is 424. The van der Waals surface area contributed by atoms with Crippen LogP contribution in [-0.4, -0.2) is 4.37 Å². The van der Waals surface area contributed by atoms with Crippen molar-refractivity contribution in [1.29, 1.82) is 0 Å². The highest BCUT2D eigenvalue weighted by Crippen LogP contribution is 2.25. The van der Waals surface area contributed by atoms with Crippen molar-refractivity contribution in [2.45, 2.75) is 6.54 Å². The summed E-state index contributed by atoms with van der Waals surface area (Å²) in [5.74, 6) is 0.572. The summed E-state index contributed by atoms with van der Waals surface area (Å²) >= 11 is 6.58. The van der Waals surface area contributed by atoms with Crippen LogP contribution in [0.3, 0.4) is 0 Å². The van der Waals surface area contributed by atoms with Gasteiger partial charge in [-0.2, -0.15) is 4.37 Å². The topological polar surface area (TPSA) is 50.9 Å². The van der Waals surface area contributed by atoms with Crippen LogP contribution in [0.4, 0.5) is 10.8 Å². The molecule has 0 atom stereocenters. The zero-order valence-corrected chi connectivity index (χ0v) is 10.4. The van der Waals surface area contributed by atoms with E-state index in [0.29, 0.717) is 5.82 Å². The highest BCUT2D eigenvalue weighted by atomic mass is 79.9. The lowest BCUT2D eigenvalue weighted by atomic mass is 10.4. The van der Waals surface area contributed by atoms with Gasteiger partial charge in [0.2, 0.25) is 0 Å². The number of nitrogens with one attached hydrogen (secondary N) is 1. The molecule has 0 bridgehead atoms. The summed E-state index contributed by atoms with van der Waals surface area (Å²) in [6.07, 6.45) is 0. The predicted octanol–water partition coefficient (Wildman–Crippen LogP) is 3.16. The van der Waals surface area contributed by atoms with Crippen LogP contribution in [0.5, 0.6) is 0 Å². The number of nitrogens with zero attached hydrogens (tertiary/aromatic N) is 1. The number of thiophene rings is 1. The Morgan fingerprint density at radius 1 is 1.57 bits per heavy atom. The van der Waals surface area contributed by atoms with Gasteiger partial charge in [0.1, 0.15) is 10.8 Å². The molecular weight excluding hydrogens is 282 g/mol. The highest BCUT2D eigenvalue weighted by molar-refractivity contribution is 9.10. The standard InChI is InChI=1S/C8H8BrN3S2/c9-5-1-2-13-6(5)4-11-8-3-7(10)12-14-8/h1-3,11H,4H2,(H2,10,12). The van der Waals surface area contributed by atoms with E-state index in [9.17, 15) is 0 Å². The molecule has 0 aliphatic rings. The van der Waals surface area contributed by atoms with Crippen LogP contribution in [0.15, 0.2) is 22.0 Å². The maximum absolute atomic E-state index is 5.51. The second kappa shape index (κ2) is 4.29. The van der Waals surface area contributed by atoms with Gasteiger partial charge in [0.15, 0.2) is 0 Å². The molecule has 0 saturated carbocycles. The summed E-state index contributed by atoms with van der Waals surface area (Å²) in [4.78, 5) is 1.27. The second-order valence-electron chi connectivity index (χ2n) is 2.66. The monoisotopic (exact) mass is 289 g/mol. The SMILES string of the molecule is Nc1cc(NCc2sccc2Br)sn1. The molecule has 0 fully saturated rings. The molecule has 0 unspecified atom stereocenters. The molecule has 3 N–H and O–H groups in total. The van der Waals surface area contributed by atoms with Gasteiger partial charge in [-0.15, -0.1) is 11.3 Å². The zero-order chi connectivity index (χ0) is 9.97. The minimum absolute atomic E-state index is 0.572. The van der Waals surface area contributed by atoms with Gasteiger partial charge in [0.05, 0.1) is 6.54 Å². The lowest BCUT2D eigenvalue weighted by Crippen LogP contribution is -1.95. The van der Waals surface area contributed by atoms with Gasteiger partial charge in [-0.05, 0) is 38.9 Å². The van der Waals surface area contributed by atoms with Gasteiger partial charge < -0.3 is 11.1 Å². The summed E-state index contributed by atoms with van der Waals surface area (Å²) in [5.41, 5.74) is 5.51. The number of anilines is 2. The van der Waals surface area contributed by atoms with Crippen LogP contribution in [0.1, 0.15) is 4.88 Å². The van der Waals surface area contributed by atoms with Crippen molar-refractivity contribution in [1.82, 2.24) is 4.37 Å². The van der Waals surface area contributed by atoms with E-state index >= 15 is 0 Å². The summed E-state index contributed by atoms with van der Waals surface area (Å²) in [7, 11) is 0. The first-order valence-corrected chi connectivity index (χ1v) is 6.38. The Balaban J connectivity index is 1.98. The summed E-state index contributed by atoms with van der Waals surface area (Å²) < 4.78 is 5.13. The Morgan fingerprint density at radius 2 is 2.43 bits per heavy atom. The lowest BCUT2D eigenvalue weighted by Gasteiger charge is -2.00. The maximum Gasteiger partial charge on any atom is 0.139 e. The van der Waals surface area contributed by atoms with Crippen molar-refractivity contribution in [3.8, 4) is 0 Å². The summed E-state index contributed by atoms with van der Waals surface area (Å²) in [5, 5.41) is 6.33. The fraction of sp³-hybridized carbons (Fsp3) is 0.125. The largest absolute Gasteiger partial charge is 0.383 e. The molecule has 0 amide bonds. The van der Waals surface area contributed by atoms with E-state index in [1.54, 1.807) is 11.3 Å². The van der Waals surface area contributed by atoms with Crippen LogP contribution < -0.4 is 11.1 Å². The van der Waals surface area contributed by atoms with Crippen LogP contribution in [0.25, 0.3) is 0 Å². The maximum atomic E-state index is 5.51. The number of nitrogens with two attached hydrogens (primary N) is 1. The number of aromatic nitrogens is 1. The van der Waals surface area contributed by atoms with Crippen molar-refractivity contribution >= 4 is 49.6 Å². The van der Waals surface area contributed by atoms with Crippen molar-refractivity contribution in [2.75, 3.05) is 11.1 Å². The first-order chi connectivity index (χ1) is 6.75. The van der Waals surface area contributed by atoms with Gasteiger partial charge >= 0.3 is 0 Å². The molecule has 0 spiro atoms. The Kier molecular flexibility index (Phi) is 3.05. The van der Waals surface area contributed by atoms with Gasteiger partial charge in [0, 0.05) is 15.4 Å². The van der Waals surface area contributed by atoms with E-state index in [1.807, 2.05) is 12.1 Å². The average Bonchev–Trinajstić information content (AvgIpc) is 2.72. The molecule has 14 heavy (non-hydrogen) atoms. The van der Waals surface area contributed by atoms with Crippen LogP contribution in [-0.2, 0) is 6.54 Å². The molecule has 3 nitrogen and oxygen atoms in total. The Morgan fingerprint density at radius 3 is 3.00 bits per heavy atom. The molecule has 0 aliphatic carbocycles. The fourth-order valence-electron chi connectivity index (χ4n) is 0.991. The first kappa shape index (κ1) is 9.95. The second-order valence-corrected chi connectivity index (χ2v) is 5.32. The van der Waals surface area contributed by atoms with E-state index in [2.05, 4.69) is 31.0 Å². The van der Waals surface area contributed by atoms with E-state index in [-0.39, 0.29) is 0 Å². The quantitative estimate of drug-likeness (QED) is 0.913. The molecule has 0 aliphatic heterocycles. The van der Waals surface area contributed by atoms with E-state index in [0.717, 1.165) is 16.0 Å². The number of nitrogen functional groups attached to an aromatic ring is 1. The smallest absolute Gasteiger partial charge is 0.139 e. The van der Waals surface area contributed by atoms with Gasteiger partial charge in [-0.1, -0.05) is 0 Å². The number of hydrogen-bond acceptors (Lipinski definition) is 5. The number of hydrogen-bond donors (Lipinski definition) is 2. The molecule has 2 aromatic heterocycles. The molecule has 2 heterocycles. The van der Waals surface area contributed by atoms with Crippen LogP contribution in [0, 0.1) is 0 Å². The van der Waals surface area contributed by atoms with E-state index in [1.165, 1.54) is 16.4 Å². The summed E-state index contributed by atoms with van der Waals surface area (Å²) in [6, 6.07) is 3.88. The molecule has 2 rings (SSSR count). The van der Waals surface area contributed by atoms with Gasteiger partial charge in [-0.25, -0.2) is 0 Å². The normalized spacial score (nSPS) is 10.4. The molecule has 2 aromatic rings. The third-order valence-corrected chi connectivity index (χ3v) is 4.33. The van der Waals surface area contributed by atoms with E-state index < -0.39 is 0 Å². The number of rotatable bonds is 3. The fourth-order valence-corrected chi connectivity index (χ4v) is 2.99. The zero-order valence-electron chi connectivity index (χ0n) is 7.16. The number of halogens is 1. The minimum Gasteiger partial charge on any atom is -0.383 e. The Labute approximate surface area is 98.3 Å². The van der Waals surface area contributed by atoms with Gasteiger partial charge in [0.25, 0.3) is 0 Å². The Hall–Kier alpha value is -0.590. The van der Waals surface area contributed by atoms with Crippen LogP contribution >= 0.6 is 38.8 Å². The molecule has 74 valence electrons. The van der Waals surface area contributed by atoms with Crippen LogP contribution in [0.2, 0.25) is 0 Å². The molecule has 6 heteroatoms. The third-order valence-electron chi connectivity index (χ3n) is 1.64. The predicted molar refractivity (Wildman–Crippen MR) is 65.9 cm³/mol. The van der Waals surface area contributed by atoms with E-state index in [4.69, 9.17) is 5.73 Å². The van der Waals surface area contributed by atoms with Gasteiger partial charge in [-0.3, -0.25) is 0 Å². The molecule has 0 aromatic carbocycles. The molecule has 0 radical (unpaired) electrons. The van der Waals surface area contributed by atoms with Crippen molar-refractivity contribution < 1.29 is 0 Å². The van der Waals surface area contributed by atoms with Crippen molar-refractivity contribution in [3.63, 3.8) is 0 Å². The van der Waals surface area contributed by atoms with Crippen molar-refractivity contribution in [3.05, 3.63) is 26.9 Å². The average molecular weight is 290 g/mol. The molecular formula is C8H8BrN3S2. The van der Waals surface area contributed by atoms with Crippen molar-refractivity contribution in [2.24, 2.45) is 0 Å². The first-order valence-electron chi connectivity index (χ1n) is 3.93. The molecule has 0 saturated heterocycles. The highest BCUT2D eigenvalue weighted by Gasteiger charge is 2.02. The minimum atomic E-state index is 0.572.